The van der Waals surface area contributed by atoms with Gasteiger partial charge in [0.2, 0.25) is 0 Å². The molecule has 98 valence electrons. The predicted molar refractivity (Wildman–Crippen MR) is 78.9 cm³/mol. The Labute approximate surface area is 115 Å². The van der Waals surface area contributed by atoms with E-state index in [2.05, 4.69) is 56.3 Å². The standard InChI is InChI=1S/C18H20O/c1-13-8-4-6-10-15(13)18(2)12-16(18)14-9-5-7-11-17(14)19-3/h4-11,16H,12H2,1-3H3/t16-,18-/m1/s1. The van der Waals surface area contributed by atoms with Crippen molar-refractivity contribution in [2.24, 2.45) is 0 Å². The summed E-state index contributed by atoms with van der Waals surface area (Å²) in [7, 11) is 1.76. The number of hydrogen-bond acceptors (Lipinski definition) is 1. The summed E-state index contributed by atoms with van der Waals surface area (Å²) in [6.07, 6.45) is 1.21. The number of benzene rings is 2. The summed E-state index contributed by atoms with van der Waals surface area (Å²) < 4.78 is 5.51. The number of aryl methyl sites for hydroxylation is 1. The van der Waals surface area contributed by atoms with E-state index in [0.717, 1.165) is 5.75 Å². The van der Waals surface area contributed by atoms with E-state index in [1.54, 1.807) is 7.11 Å². The summed E-state index contributed by atoms with van der Waals surface area (Å²) in [5, 5.41) is 0. The Morgan fingerprint density at radius 1 is 1.05 bits per heavy atom. The average molecular weight is 252 g/mol. The number of methoxy groups -OCH3 is 1. The fourth-order valence-electron chi connectivity index (χ4n) is 3.28. The van der Waals surface area contributed by atoms with E-state index >= 15 is 0 Å². The van der Waals surface area contributed by atoms with Gasteiger partial charge in [-0.15, -0.1) is 0 Å². The predicted octanol–water partition coefficient (Wildman–Crippen LogP) is 4.45. The summed E-state index contributed by atoms with van der Waals surface area (Å²) in [5.74, 6) is 1.59. The molecule has 1 saturated carbocycles. The largest absolute Gasteiger partial charge is 0.496 e. The minimum Gasteiger partial charge on any atom is -0.496 e. The maximum absolute atomic E-state index is 5.51. The van der Waals surface area contributed by atoms with Gasteiger partial charge in [-0.05, 0) is 42.0 Å². The number of hydrogen-bond donors (Lipinski definition) is 0. The van der Waals surface area contributed by atoms with Crippen LogP contribution in [0.2, 0.25) is 0 Å². The van der Waals surface area contributed by atoms with Gasteiger partial charge in [-0.3, -0.25) is 0 Å². The fourth-order valence-corrected chi connectivity index (χ4v) is 3.28. The van der Waals surface area contributed by atoms with Crippen LogP contribution in [0.1, 0.15) is 36.0 Å². The highest BCUT2D eigenvalue weighted by Crippen LogP contribution is 2.62. The molecular weight excluding hydrogens is 232 g/mol. The molecule has 0 aliphatic heterocycles. The Kier molecular flexibility index (Phi) is 2.85. The molecule has 1 heteroatoms. The topological polar surface area (TPSA) is 9.23 Å². The molecule has 2 aromatic rings. The summed E-state index contributed by atoms with van der Waals surface area (Å²) in [6, 6.07) is 17.1. The highest BCUT2D eigenvalue weighted by Gasteiger charge is 2.53. The van der Waals surface area contributed by atoms with Crippen molar-refractivity contribution < 1.29 is 4.74 Å². The van der Waals surface area contributed by atoms with Crippen molar-refractivity contribution in [2.75, 3.05) is 7.11 Å². The van der Waals surface area contributed by atoms with Gasteiger partial charge >= 0.3 is 0 Å². The second-order valence-corrected chi connectivity index (χ2v) is 5.73. The third-order valence-corrected chi connectivity index (χ3v) is 4.51. The SMILES string of the molecule is COc1ccccc1[C@H]1C[C@]1(C)c1ccccc1C. The molecule has 0 bridgehead atoms. The molecule has 0 amide bonds. The van der Waals surface area contributed by atoms with Gasteiger partial charge in [0.25, 0.3) is 0 Å². The molecule has 0 saturated heterocycles. The van der Waals surface area contributed by atoms with E-state index in [-0.39, 0.29) is 5.41 Å². The van der Waals surface area contributed by atoms with E-state index < -0.39 is 0 Å². The van der Waals surface area contributed by atoms with Crippen LogP contribution in [-0.2, 0) is 5.41 Å². The third-order valence-electron chi connectivity index (χ3n) is 4.51. The molecule has 2 atom stereocenters. The van der Waals surface area contributed by atoms with Gasteiger partial charge < -0.3 is 4.74 Å². The summed E-state index contributed by atoms with van der Waals surface area (Å²) in [5.41, 5.74) is 4.48. The summed E-state index contributed by atoms with van der Waals surface area (Å²) in [4.78, 5) is 0. The van der Waals surface area contributed by atoms with Gasteiger partial charge in [0.1, 0.15) is 5.75 Å². The maximum Gasteiger partial charge on any atom is 0.122 e. The van der Waals surface area contributed by atoms with Crippen LogP contribution in [0.15, 0.2) is 48.5 Å². The van der Waals surface area contributed by atoms with Crippen LogP contribution in [0, 0.1) is 6.92 Å². The smallest absolute Gasteiger partial charge is 0.122 e. The van der Waals surface area contributed by atoms with Crippen molar-refractivity contribution in [1.82, 2.24) is 0 Å². The van der Waals surface area contributed by atoms with Crippen LogP contribution < -0.4 is 4.74 Å². The third kappa shape index (κ3) is 1.94. The molecule has 1 fully saturated rings. The molecule has 0 unspecified atom stereocenters. The highest BCUT2D eigenvalue weighted by molar-refractivity contribution is 5.49. The van der Waals surface area contributed by atoms with Crippen LogP contribution in [-0.4, -0.2) is 7.11 Å². The number of ether oxygens (including phenoxy) is 1. The first-order chi connectivity index (χ1) is 9.16. The zero-order valence-corrected chi connectivity index (χ0v) is 11.8. The first-order valence-electron chi connectivity index (χ1n) is 6.86. The van der Waals surface area contributed by atoms with Crippen molar-refractivity contribution in [3.63, 3.8) is 0 Å². The van der Waals surface area contributed by atoms with Gasteiger partial charge in [0.05, 0.1) is 7.11 Å². The van der Waals surface area contributed by atoms with Crippen LogP contribution in [0.5, 0.6) is 5.75 Å². The van der Waals surface area contributed by atoms with Crippen molar-refractivity contribution in [2.45, 2.75) is 31.6 Å². The lowest BCUT2D eigenvalue weighted by Crippen LogP contribution is -2.06. The van der Waals surface area contributed by atoms with Crippen molar-refractivity contribution >= 4 is 0 Å². The lowest BCUT2D eigenvalue weighted by molar-refractivity contribution is 0.409. The molecule has 2 aromatic carbocycles. The minimum atomic E-state index is 0.264. The second-order valence-electron chi connectivity index (χ2n) is 5.73. The van der Waals surface area contributed by atoms with Crippen molar-refractivity contribution in [3.05, 3.63) is 65.2 Å². The molecular formula is C18H20O. The van der Waals surface area contributed by atoms with Gasteiger partial charge in [-0.1, -0.05) is 49.4 Å². The lowest BCUT2D eigenvalue weighted by atomic mass is 9.89. The van der Waals surface area contributed by atoms with Gasteiger partial charge in [0.15, 0.2) is 0 Å². The lowest BCUT2D eigenvalue weighted by Gasteiger charge is -2.16. The highest BCUT2D eigenvalue weighted by atomic mass is 16.5. The normalized spacial score (nSPS) is 25.1. The van der Waals surface area contributed by atoms with Crippen molar-refractivity contribution in [3.8, 4) is 5.75 Å². The Hall–Kier alpha value is -1.76. The van der Waals surface area contributed by atoms with Crippen LogP contribution >= 0.6 is 0 Å². The minimum absolute atomic E-state index is 0.264. The zero-order valence-electron chi connectivity index (χ0n) is 11.8. The number of para-hydroxylation sites is 1. The second kappa shape index (κ2) is 4.41. The molecule has 19 heavy (non-hydrogen) atoms. The average Bonchev–Trinajstić information content (AvgIpc) is 3.12. The maximum atomic E-state index is 5.51. The Morgan fingerprint density at radius 2 is 1.74 bits per heavy atom. The van der Waals surface area contributed by atoms with E-state index in [0.29, 0.717) is 5.92 Å². The Bertz CT molecular complexity index is 602. The monoisotopic (exact) mass is 252 g/mol. The van der Waals surface area contributed by atoms with E-state index in [9.17, 15) is 0 Å². The molecule has 0 radical (unpaired) electrons. The van der Waals surface area contributed by atoms with Crippen LogP contribution in [0.3, 0.4) is 0 Å². The number of rotatable bonds is 3. The van der Waals surface area contributed by atoms with Gasteiger partial charge in [-0.25, -0.2) is 0 Å². The Balaban J connectivity index is 1.97. The molecule has 1 nitrogen and oxygen atoms in total. The first kappa shape index (κ1) is 12.3. The molecule has 3 rings (SSSR count). The Morgan fingerprint density at radius 3 is 2.47 bits per heavy atom. The van der Waals surface area contributed by atoms with Crippen molar-refractivity contribution in [1.29, 1.82) is 0 Å². The molecule has 1 aliphatic rings. The molecule has 0 spiro atoms. The molecule has 0 N–H and O–H groups in total. The molecule has 0 heterocycles. The summed E-state index contributed by atoms with van der Waals surface area (Å²) >= 11 is 0. The van der Waals surface area contributed by atoms with E-state index in [1.165, 1.54) is 23.1 Å². The molecule has 0 aromatic heterocycles. The van der Waals surface area contributed by atoms with Crippen LogP contribution in [0.4, 0.5) is 0 Å². The zero-order chi connectivity index (χ0) is 13.5. The van der Waals surface area contributed by atoms with E-state index in [1.807, 2.05) is 6.07 Å². The summed E-state index contributed by atoms with van der Waals surface area (Å²) in [6.45, 7) is 4.57. The van der Waals surface area contributed by atoms with Gasteiger partial charge in [-0.2, -0.15) is 0 Å². The van der Waals surface area contributed by atoms with E-state index in [4.69, 9.17) is 4.74 Å². The molecule has 1 aliphatic carbocycles. The quantitative estimate of drug-likeness (QED) is 0.784. The first-order valence-corrected chi connectivity index (χ1v) is 6.86. The van der Waals surface area contributed by atoms with Gasteiger partial charge in [0, 0.05) is 5.41 Å². The fraction of sp³-hybridized carbons (Fsp3) is 0.333. The van der Waals surface area contributed by atoms with Crippen LogP contribution in [0.25, 0.3) is 0 Å².